The lowest BCUT2D eigenvalue weighted by molar-refractivity contribution is 0.0940. The Morgan fingerprint density at radius 1 is 1.14 bits per heavy atom. The predicted molar refractivity (Wildman–Crippen MR) is 113 cm³/mol. The maximum atomic E-state index is 12.8. The van der Waals surface area contributed by atoms with E-state index in [2.05, 4.69) is 24.3 Å². The number of aromatic nitrogens is 2. The Kier molecular flexibility index (Phi) is 5.38. The number of aryl methyl sites for hydroxylation is 2. The Balaban J connectivity index is 1.38. The topological polar surface area (TPSA) is 56.2 Å². The van der Waals surface area contributed by atoms with Gasteiger partial charge in [0, 0.05) is 25.1 Å². The lowest BCUT2D eigenvalue weighted by Crippen LogP contribution is -2.26. The van der Waals surface area contributed by atoms with E-state index in [-0.39, 0.29) is 5.91 Å². The van der Waals surface area contributed by atoms with Crippen LogP contribution in [-0.2, 0) is 20.0 Å². The zero-order valence-electron chi connectivity index (χ0n) is 17.2. The highest BCUT2D eigenvalue weighted by Crippen LogP contribution is 2.36. The van der Waals surface area contributed by atoms with Crippen molar-refractivity contribution >= 4 is 5.91 Å². The van der Waals surface area contributed by atoms with Crippen LogP contribution in [0.2, 0.25) is 0 Å². The number of fused-ring (bicyclic) bond motifs is 1. The van der Waals surface area contributed by atoms with Gasteiger partial charge in [0.25, 0.3) is 5.91 Å². The standard InChI is InChI=1S/C24H27N3O2/c1-4-18-9-14-21-22(18)26-27(3)23(21)24(28)25-15-17-7-12-20(13-8-17)29-19-10-5-16(2)6-11-19/h5-8,10-13,18H,4,9,14-15H2,1-3H3,(H,25,28). The maximum absolute atomic E-state index is 12.8. The molecule has 1 aliphatic carbocycles. The largest absolute Gasteiger partial charge is 0.457 e. The highest BCUT2D eigenvalue weighted by Gasteiger charge is 2.30. The molecule has 5 nitrogen and oxygen atoms in total. The molecule has 150 valence electrons. The van der Waals surface area contributed by atoms with Crippen LogP contribution < -0.4 is 10.1 Å². The molecule has 1 atom stereocenters. The summed E-state index contributed by atoms with van der Waals surface area (Å²) in [6, 6.07) is 15.8. The summed E-state index contributed by atoms with van der Waals surface area (Å²) in [6.07, 6.45) is 3.11. The van der Waals surface area contributed by atoms with Crippen LogP contribution >= 0.6 is 0 Å². The first kappa shape index (κ1) is 19.2. The fraction of sp³-hybridized carbons (Fsp3) is 0.333. The minimum atomic E-state index is -0.0574. The summed E-state index contributed by atoms with van der Waals surface area (Å²) in [5.74, 6) is 2.02. The zero-order chi connectivity index (χ0) is 20.4. The van der Waals surface area contributed by atoms with Gasteiger partial charge in [-0.1, -0.05) is 36.8 Å². The second-order valence-electron chi connectivity index (χ2n) is 7.72. The van der Waals surface area contributed by atoms with Crippen LogP contribution in [0.3, 0.4) is 0 Å². The Hall–Kier alpha value is -3.08. The van der Waals surface area contributed by atoms with Gasteiger partial charge in [-0.3, -0.25) is 9.48 Å². The third-order valence-electron chi connectivity index (χ3n) is 5.65. The molecule has 1 unspecified atom stereocenters. The van der Waals surface area contributed by atoms with Gasteiger partial charge >= 0.3 is 0 Å². The molecule has 1 heterocycles. The molecule has 1 N–H and O–H groups in total. The summed E-state index contributed by atoms with van der Waals surface area (Å²) in [5, 5.41) is 7.66. The molecule has 0 saturated carbocycles. The van der Waals surface area contributed by atoms with Gasteiger partial charge < -0.3 is 10.1 Å². The second-order valence-corrected chi connectivity index (χ2v) is 7.72. The summed E-state index contributed by atoms with van der Waals surface area (Å²) in [5.41, 5.74) is 5.17. The number of amides is 1. The van der Waals surface area contributed by atoms with Gasteiger partial charge in [-0.15, -0.1) is 0 Å². The van der Waals surface area contributed by atoms with Gasteiger partial charge in [0.15, 0.2) is 0 Å². The Bertz CT molecular complexity index is 1000. The minimum absolute atomic E-state index is 0.0574. The van der Waals surface area contributed by atoms with E-state index < -0.39 is 0 Å². The summed E-state index contributed by atoms with van der Waals surface area (Å²) < 4.78 is 7.60. The third kappa shape index (κ3) is 4.04. The molecule has 4 rings (SSSR count). The first-order chi connectivity index (χ1) is 14.0. The average Bonchev–Trinajstić information content (AvgIpc) is 3.26. The monoisotopic (exact) mass is 389 g/mol. The SMILES string of the molecule is CCC1CCc2c1nn(C)c2C(=O)NCc1ccc(Oc2ccc(C)cc2)cc1. The normalized spacial score (nSPS) is 15.2. The molecule has 1 aliphatic rings. The van der Waals surface area contributed by atoms with Gasteiger partial charge in [0.05, 0.1) is 5.69 Å². The van der Waals surface area contributed by atoms with E-state index in [0.717, 1.165) is 47.6 Å². The number of ether oxygens (including phenoxy) is 1. The quantitative estimate of drug-likeness (QED) is 0.653. The maximum Gasteiger partial charge on any atom is 0.270 e. The number of carbonyl (C=O) groups is 1. The van der Waals surface area contributed by atoms with Crippen molar-refractivity contribution in [2.45, 2.75) is 45.6 Å². The average molecular weight is 389 g/mol. The van der Waals surface area contributed by atoms with E-state index in [1.807, 2.05) is 55.6 Å². The molecule has 1 aromatic heterocycles. The van der Waals surface area contributed by atoms with E-state index in [9.17, 15) is 4.79 Å². The number of rotatable bonds is 6. The minimum Gasteiger partial charge on any atom is -0.457 e. The molecular formula is C24H27N3O2. The highest BCUT2D eigenvalue weighted by molar-refractivity contribution is 5.94. The van der Waals surface area contributed by atoms with Crippen LogP contribution in [0.5, 0.6) is 11.5 Å². The molecule has 0 saturated heterocycles. The lowest BCUT2D eigenvalue weighted by Gasteiger charge is -2.09. The van der Waals surface area contributed by atoms with Gasteiger partial charge in [-0.2, -0.15) is 5.10 Å². The van der Waals surface area contributed by atoms with Crippen LogP contribution in [-0.4, -0.2) is 15.7 Å². The van der Waals surface area contributed by atoms with Gasteiger partial charge in [0.1, 0.15) is 17.2 Å². The molecule has 1 amide bonds. The summed E-state index contributed by atoms with van der Waals surface area (Å²) in [4.78, 5) is 12.8. The second kappa shape index (κ2) is 8.11. The van der Waals surface area contributed by atoms with Crippen LogP contribution in [0.15, 0.2) is 48.5 Å². The fourth-order valence-electron chi connectivity index (χ4n) is 3.98. The van der Waals surface area contributed by atoms with Gasteiger partial charge in [-0.25, -0.2) is 0 Å². The lowest BCUT2D eigenvalue weighted by atomic mass is 10.0. The van der Waals surface area contributed by atoms with Crippen LogP contribution in [0.4, 0.5) is 0 Å². The molecule has 0 bridgehead atoms. The van der Waals surface area contributed by atoms with Crippen molar-refractivity contribution < 1.29 is 9.53 Å². The number of carbonyl (C=O) groups excluding carboxylic acids is 1. The first-order valence-electron chi connectivity index (χ1n) is 10.2. The predicted octanol–water partition coefficient (Wildman–Crippen LogP) is 4.89. The summed E-state index contributed by atoms with van der Waals surface area (Å²) >= 11 is 0. The van der Waals surface area contributed by atoms with Crippen molar-refractivity contribution in [2.75, 3.05) is 0 Å². The number of hydrogen-bond acceptors (Lipinski definition) is 3. The summed E-state index contributed by atoms with van der Waals surface area (Å²) in [6.45, 7) is 4.70. The number of nitrogens with one attached hydrogen (secondary N) is 1. The van der Waals surface area contributed by atoms with Crippen molar-refractivity contribution in [1.82, 2.24) is 15.1 Å². The molecule has 0 aliphatic heterocycles. The van der Waals surface area contributed by atoms with Gasteiger partial charge in [-0.05, 0) is 56.0 Å². The molecule has 2 aromatic carbocycles. The molecule has 0 spiro atoms. The molecule has 3 aromatic rings. The highest BCUT2D eigenvalue weighted by atomic mass is 16.5. The van der Waals surface area contributed by atoms with Crippen molar-refractivity contribution in [3.8, 4) is 11.5 Å². The molecule has 0 fully saturated rings. The molecule has 0 radical (unpaired) electrons. The van der Waals surface area contributed by atoms with Crippen LogP contribution in [0.25, 0.3) is 0 Å². The molecule has 29 heavy (non-hydrogen) atoms. The summed E-state index contributed by atoms with van der Waals surface area (Å²) in [7, 11) is 1.86. The smallest absolute Gasteiger partial charge is 0.270 e. The molecule has 5 heteroatoms. The Morgan fingerprint density at radius 2 is 1.79 bits per heavy atom. The van der Waals surface area contributed by atoms with E-state index in [1.54, 1.807) is 4.68 Å². The Labute approximate surface area is 171 Å². The van der Waals surface area contributed by atoms with Crippen molar-refractivity contribution in [3.05, 3.63) is 76.6 Å². The number of nitrogens with zero attached hydrogens (tertiary/aromatic N) is 2. The fourth-order valence-corrected chi connectivity index (χ4v) is 3.98. The zero-order valence-corrected chi connectivity index (χ0v) is 17.2. The first-order valence-corrected chi connectivity index (χ1v) is 10.2. The van der Waals surface area contributed by atoms with Crippen LogP contribution in [0, 0.1) is 6.92 Å². The Morgan fingerprint density at radius 3 is 2.45 bits per heavy atom. The van der Waals surface area contributed by atoms with E-state index in [4.69, 9.17) is 4.74 Å². The van der Waals surface area contributed by atoms with E-state index >= 15 is 0 Å². The number of benzene rings is 2. The van der Waals surface area contributed by atoms with Gasteiger partial charge in [0.2, 0.25) is 0 Å². The molecular weight excluding hydrogens is 362 g/mol. The van der Waals surface area contributed by atoms with E-state index in [0.29, 0.717) is 18.2 Å². The van der Waals surface area contributed by atoms with E-state index in [1.165, 1.54) is 5.56 Å². The number of hydrogen-bond donors (Lipinski definition) is 1. The third-order valence-corrected chi connectivity index (χ3v) is 5.65. The van der Waals surface area contributed by atoms with Crippen molar-refractivity contribution in [2.24, 2.45) is 7.05 Å². The van der Waals surface area contributed by atoms with Crippen molar-refractivity contribution in [1.29, 1.82) is 0 Å². The van der Waals surface area contributed by atoms with Crippen LogP contribution in [0.1, 0.15) is 58.6 Å². The van der Waals surface area contributed by atoms with Crippen molar-refractivity contribution in [3.63, 3.8) is 0 Å².